The predicted octanol–water partition coefficient (Wildman–Crippen LogP) is 0.851. The Morgan fingerprint density at radius 2 is 2.22 bits per heavy atom. The van der Waals surface area contributed by atoms with Gasteiger partial charge in [0.1, 0.15) is 0 Å². The van der Waals surface area contributed by atoms with Gasteiger partial charge in [-0.15, -0.1) is 5.10 Å². The second-order valence-electron chi connectivity index (χ2n) is 3.61. The highest BCUT2D eigenvalue weighted by atomic mass is 32.2. The number of tetrazole rings is 1. The van der Waals surface area contributed by atoms with Crippen molar-refractivity contribution < 1.29 is 9.90 Å². The molecule has 0 aliphatic carbocycles. The molecule has 94 valence electrons. The second kappa shape index (κ2) is 5.13. The molecule has 0 unspecified atom stereocenters. The van der Waals surface area contributed by atoms with Crippen LogP contribution in [-0.4, -0.2) is 42.0 Å². The number of pyridine rings is 1. The number of hydrogen-bond acceptors (Lipinski definition) is 6. The van der Waals surface area contributed by atoms with E-state index in [4.69, 9.17) is 5.11 Å². The monoisotopic (exact) mass is 265 g/mol. The quantitative estimate of drug-likeness (QED) is 0.819. The minimum absolute atomic E-state index is 0.0846. The standard InChI is InChI=1S/C10H11N5O2S/c1-6-3-4-8(7(2)11-6)15-10(12-13-14-15)18-5-9(16)17/h3-4H,5H2,1-2H3,(H,16,17). The van der Waals surface area contributed by atoms with Crippen LogP contribution in [0.2, 0.25) is 0 Å². The number of carboxylic acids is 1. The smallest absolute Gasteiger partial charge is 0.313 e. The lowest BCUT2D eigenvalue weighted by molar-refractivity contribution is -0.133. The topological polar surface area (TPSA) is 93.8 Å². The van der Waals surface area contributed by atoms with E-state index in [2.05, 4.69) is 20.5 Å². The minimum Gasteiger partial charge on any atom is -0.481 e. The molecular formula is C10H11N5O2S. The minimum atomic E-state index is -0.909. The normalized spacial score (nSPS) is 10.6. The molecule has 1 N–H and O–H groups in total. The molecule has 18 heavy (non-hydrogen) atoms. The van der Waals surface area contributed by atoms with Crippen LogP contribution in [-0.2, 0) is 4.79 Å². The average molecular weight is 265 g/mol. The van der Waals surface area contributed by atoms with Crippen LogP contribution in [0.5, 0.6) is 0 Å². The molecule has 7 nitrogen and oxygen atoms in total. The van der Waals surface area contributed by atoms with Crippen LogP contribution in [0.4, 0.5) is 0 Å². The van der Waals surface area contributed by atoms with Crippen molar-refractivity contribution in [2.24, 2.45) is 0 Å². The van der Waals surface area contributed by atoms with Crippen LogP contribution in [0.3, 0.4) is 0 Å². The molecule has 0 aliphatic heterocycles. The molecule has 0 fully saturated rings. The molecule has 0 atom stereocenters. The van der Waals surface area contributed by atoms with Gasteiger partial charge in [0, 0.05) is 5.69 Å². The molecule has 0 radical (unpaired) electrons. The number of nitrogens with zero attached hydrogens (tertiary/aromatic N) is 5. The van der Waals surface area contributed by atoms with Gasteiger partial charge < -0.3 is 5.11 Å². The first-order valence-electron chi connectivity index (χ1n) is 5.15. The summed E-state index contributed by atoms with van der Waals surface area (Å²) in [6, 6.07) is 3.72. The van der Waals surface area contributed by atoms with E-state index in [0.29, 0.717) is 5.16 Å². The van der Waals surface area contributed by atoms with E-state index in [0.717, 1.165) is 28.8 Å². The van der Waals surface area contributed by atoms with Crippen LogP contribution in [0, 0.1) is 13.8 Å². The largest absolute Gasteiger partial charge is 0.481 e. The van der Waals surface area contributed by atoms with Crippen molar-refractivity contribution in [3.8, 4) is 5.69 Å². The maximum Gasteiger partial charge on any atom is 0.313 e. The Morgan fingerprint density at radius 1 is 1.44 bits per heavy atom. The Balaban J connectivity index is 2.33. The number of aryl methyl sites for hydroxylation is 2. The van der Waals surface area contributed by atoms with Gasteiger partial charge >= 0.3 is 5.97 Å². The van der Waals surface area contributed by atoms with E-state index < -0.39 is 5.97 Å². The summed E-state index contributed by atoms with van der Waals surface area (Å²) < 4.78 is 1.50. The third-order valence-electron chi connectivity index (χ3n) is 2.19. The fourth-order valence-corrected chi connectivity index (χ4v) is 2.05. The van der Waals surface area contributed by atoms with Crippen molar-refractivity contribution in [2.45, 2.75) is 19.0 Å². The molecule has 0 amide bonds. The van der Waals surface area contributed by atoms with E-state index in [1.165, 1.54) is 4.68 Å². The molecule has 0 saturated heterocycles. The molecule has 2 aromatic heterocycles. The molecule has 8 heteroatoms. The summed E-state index contributed by atoms with van der Waals surface area (Å²) in [5.74, 6) is -0.994. The number of aliphatic carboxylic acids is 1. The molecule has 2 heterocycles. The van der Waals surface area contributed by atoms with Gasteiger partial charge in [-0.3, -0.25) is 9.78 Å². The van der Waals surface area contributed by atoms with Gasteiger partial charge in [-0.1, -0.05) is 11.8 Å². The number of carbonyl (C=O) groups is 1. The zero-order valence-corrected chi connectivity index (χ0v) is 10.7. The predicted molar refractivity (Wildman–Crippen MR) is 64.8 cm³/mol. The van der Waals surface area contributed by atoms with Crippen molar-refractivity contribution >= 4 is 17.7 Å². The fourth-order valence-electron chi connectivity index (χ4n) is 1.45. The Labute approximate surface area is 107 Å². The number of hydrogen-bond donors (Lipinski definition) is 1. The zero-order chi connectivity index (χ0) is 13.1. The van der Waals surface area contributed by atoms with Gasteiger partial charge in [-0.05, 0) is 36.4 Å². The van der Waals surface area contributed by atoms with Crippen molar-refractivity contribution in [2.75, 3.05) is 5.75 Å². The molecular weight excluding hydrogens is 254 g/mol. The van der Waals surface area contributed by atoms with E-state index in [9.17, 15) is 4.79 Å². The number of rotatable bonds is 4. The Kier molecular flexibility index (Phi) is 3.56. The molecule has 0 bridgehead atoms. The highest BCUT2D eigenvalue weighted by Crippen LogP contribution is 2.19. The van der Waals surface area contributed by atoms with Crippen molar-refractivity contribution in [1.29, 1.82) is 0 Å². The van der Waals surface area contributed by atoms with Crippen LogP contribution in [0.1, 0.15) is 11.4 Å². The first-order valence-corrected chi connectivity index (χ1v) is 6.14. The zero-order valence-electron chi connectivity index (χ0n) is 9.86. The van der Waals surface area contributed by atoms with Crippen LogP contribution >= 0.6 is 11.8 Å². The molecule has 2 aromatic rings. The maximum atomic E-state index is 10.5. The molecule has 0 spiro atoms. The number of aromatic nitrogens is 5. The highest BCUT2D eigenvalue weighted by Gasteiger charge is 2.13. The second-order valence-corrected chi connectivity index (χ2v) is 4.56. The maximum absolute atomic E-state index is 10.5. The Morgan fingerprint density at radius 3 is 2.89 bits per heavy atom. The molecule has 0 saturated carbocycles. The van der Waals surface area contributed by atoms with E-state index >= 15 is 0 Å². The summed E-state index contributed by atoms with van der Waals surface area (Å²) in [5, 5.41) is 20.3. The van der Waals surface area contributed by atoms with Crippen molar-refractivity contribution in [1.82, 2.24) is 25.2 Å². The van der Waals surface area contributed by atoms with Crippen molar-refractivity contribution in [3.63, 3.8) is 0 Å². The first kappa shape index (κ1) is 12.5. The molecule has 0 aliphatic rings. The number of thioether (sulfide) groups is 1. The average Bonchev–Trinajstić information content (AvgIpc) is 2.74. The SMILES string of the molecule is Cc1ccc(-n2nnnc2SCC(=O)O)c(C)n1. The summed E-state index contributed by atoms with van der Waals surface area (Å²) >= 11 is 1.07. The summed E-state index contributed by atoms with van der Waals surface area (Å²) in [5.41, 5.74) is 2.45. The molecule has 2 rings (SSSR count). The van der Waals surface area contributed by atoms with Gasteiger partial charge in [0.15, 0.2) is 0 Å². The van der Waals surface area contributed by atoms with Gasteiger partial charge in [-0.2, -0.15) is 4.68 Å². The van der Waals surface area contributed by atoms with E-state index in [1.54, 1.807) is 0 Å². The van der Waals surface area contributed by atoms with Crippen LogP contribution in [0.25, 0.3) is 5.69 Å². The lowest BCUT2D eigenvalue weighted by Crippen LogP contribution is -2.05. The third-order valence-corrected chi connectivity index (χ3v) is 3.10. The summed E-state index contributed by atoms with van der Waals surface area (Å²) in [6.07, 6.45) is 0. The van der Waals surface area contributed by atoms with E-state index in [1.807, 2.05) is 26.0 Å². The highest BCUT2D eigenvalue weighted by molar-refractivity contribution is 7.99. The van der Waals surface area contributed by atoms with Gasteiger partial charge in [-0.25, -0.2) is 0 Å². The first-order chi connectivity index (χ1) is 8.58. The van der Waals surface area contributed by atoms with Gasteiger partial charge in [0.25, 0.3) is 0 Å². The lowest BCUT2D eigenvalue weighted by atomic mass is 10.3. The summed E-state index contributed by atoms with van der Waals surface area (Å²) in [4.78, 5) is 14.9. The van der Waals surface area contributed by atoms with Crippen LogP contribution in [0.15, 0.2) is 17.3 Å². The van der Waals surface area contributed by atoms with E-state index in [-0.39, 0.29) is 5.75 Å². The third kappa shape index (κ3) is 2.65. The molecule has 0 aromatic carbocycles. The summed E-state index contributed by atoms with van der Waals surface area (Å²) in [6.45, 7) is 3.76. The van der Waals surface area contributed by atoms with Gasteiger partial charge in [0.2, 0.25) is 5.16 Å². The van der Waals surface area contributed by atoms with Crippen LogP contribution < -0.4 is 0 Å². The lowest BCUT2D eigenvalue weighted by Gasteiger charge is -2.06. The van der Waals surface area contributed by atoms with Gasteiger partial charge in [0.05, 0.1) is 17.1 Å². The Bertz CT molecular complexity index is 583. The summed E-state index contributed by atoms with van der Waals surface area (Å²) in [7, 11) is 0. The number of carboxylic acid groups (broad SMARTS) is 1. The Hall–Kier alpha value is -1.96. The fraction of sp³-hybridized carbons (Fsp3) is 0.300. The van der Waals surface area contributed by atoms with Crippen molar-refractivity contribution in [3.05, 3.63) is 23.5 Å².